The highest BCUT2D eigenvalue weighted by atomic mass is 79.9. The molecule has 18 heavy (non-hydrogen) atoms. The van der Waals surface area contributed by atoms with Crippen molar-refractivity contribution in [2.24, 2.45) is 0 Å². The molecule has 98 valence electrons. The lowest BCUT2D eigenvalue weighted by Gasteiger charge is -2.09. The highest BCUT2D eigenvalue weighted by Gasteiger charge is 2.13. The molecule has 0 unspecified atom stereocenters. The largest absolute Gasteiger partial charge is 0.504 e. The first-order valence-corrected chi connectivity index (χ1v) is 6.51. The zero-order valence-electron chi connectivity index (χ0n) is 10.1. The number of hydrogen-bond donors (Lipinski definition) is 1. The Morgan fingerprint density at radius 2 is 2.22 bits per heavy atom. The van der Waals surface area contributed by atoms with Gasteiger partial charge in [-0.05, 0) is 24.1 Å². The molecule has 0 spiro atoms. The third kappa shape index (κ3) is 3.77. The second kappa shape index (κ2) is 7.06. The molecule has 4 nitrogen and oxygen atoms in total. The normalized spacial score (nSPS) is 9.89. The van der Waals surface area contributed by atoms with Gasteiger partial charge >= 0.3 is 5.97 Å². The van der Waals surface area contributed by atoms with Crippen LogP contribution in [0.4, 0.5) is 0 Å². The van der Waals surface area contributed by atoms with E-state index >= 15 is 0 Å². The van der Waals surface area contributed by atoms with Crippen molar-refractivity contribution in [3.63, 3.8) is 0 Å². The summed E-state index contributed by atoms with van der Waals surface area (Å²) in [5.74, 6) is -0.160. The van der Waals surface area contributed by atoms with E-state index in [2.05, 4.69) is 22.5 Å². The van der Waals surface area contributed by atoms with Gasteiger partial charge in [0.1, 0.15) is 0 Å². The van der Waals surface area contributed by atoms with E-state index in [-0.39, 0.29) is 11.3 Å². The van der Waals surface area contributed by atoms with Gasteiger partial charge in [-0.2, -0.15) is 0 Å². The molecule has 0 radical (unpaired) electrons. The van der Waals surface area contributed by atoms with Gasteiger partial charge in [0, 0.05) is 5.33 Å². The van der Waals surface area contributed by atoms with Crippen molar-refractivity contribution in [2.75, 3.05) is 19.0 Å². The average molecular weight is 315 g/mol. The van der Waals surface area contributed by atoms with E-state index in [0.29, 0.717) is 17.9 Å². The first-order valence-electron chi connectivity index (χ1n) is 5.39. The van der Waals surface area contributed by atoms with Crippen molar-refractivity contribution in [1.29, 1.82) is 0 Å². The molecule has 0 amide bonds. The maximum Gasteiger partial charge on any atom is 0.338 e. The number of phenolic OH excluding ortho intramolecular Hbond substituents is 1. The second-order valence-corrected chi connectivity index (χ2v) is 4.34. The first-order chi connectivity index (χ1) is 8.60. The van der Waals surface area contributed by atoms with Gasteiger partial charge in [-0.25, -0.2) is 4.79 Å². The van der Waals surface area contributed by atoms with E-state index in [1.165, 1.54) is 13.2 Å². The molecule has 0 saturated heterocycles. The molecule has 1 rings (SSSR count). The molecule has 0 aliphatic carbocycles. The van der Waals surface area contributed by atoms with Crippen molar-refractivity contribution < 1.29 is 19.4 Å². The van der Waals surface area contributed by atoms with Crippen molar-refractivity contribution in [3.05, 3.63) is 30.3 Å². The number of ether oxygens (including phenoxy) is 2. The molecule has 1 aromatic rings. The Kier molecular flexibility index (Phi) is 5.71. The molecular formula is C13H15BrO4. The third-order valence-electron chi connectivity index (χ3n) is 2.29. The van der Waals surface area contributed by atoms with Crippen molar-refractivity contribution in [3.8, 4) is 11.5 Å². The highest BCUT2D eigenvalue weighted by Crippen LogP contribution is 2.29. The molecule has 0 aliphatic heterocycles. The second-order valence-electron chi connectivity index (χ2n) is 3.54. The maximum absolute atomic E-state index is 11.7. The minimum atomic E-state index is -0.469. The number of carbonyl (C=O) groups excluding carboxylic acids is 1. The Balaban J connectivity index is 2.74. The number of phenols is 1. The van der Waals surface area contributed by atoms with Crippen LogP contribution in [0.2, 0.25) is 0 Å². The summed E-state index contributed by atoms with van der Waals surface area (Å²) in [5.41, 5.74) is 0.802. The Morgan fingerprint density at radius 1 is 1.50 bits per heavy atom. The number of methoxy groups -OCH3 is 1. The smallest absolute Gasteiger partial charge is 0.338 e. The number of carbonyl (C=O) groups is 1. The number of hydrogen-bond acceptors (Lipinski definition) is 4. The Morgan fingerprint density at radius 3 is 2.83 bits per heavy atom. The van der Waals surface area contributed by atoms with E-state index in [4.69, 9.17) is 9.47 Å². The van der Waals surface area contributed by atoms with Gasteiger partial charge in [-0.1, -0.05) is 28.6 Å². The zero-order valence-corrected chi connectivity index (χ0v) is 11.7. The van der Waals surface area contributed by atoms with Crippen LogP contribution < -0.4 is 4.74 Å². The number of rotatable bonds is 6. The average Bonchev–Trinajstić information content (AvgIpc) is 2.38. The molecule has 5 heteroatoms. The molecule has 1 aromatic carbocycles. The summed E-state index contributed by atoms with van der Waals surface area (Å²) in [5, 5.41) is 10.2. The number of halogens is 1. The fraction of sp³-hybridized carbons (Fsp3) is 0.308. The van der Waals surface area contributed by atoms with E-state index in [0.717, 1.165) is 11.8 Å². The zero-order chi connectivity index (χ0) is 13.5. The van der Waals surface area contributed by atoms with Crippen LogP contribution >= 0.6 is 15.9 Å². The van der Waals surface area contributed by atoms with Gasteiger partial charge in [-0.15, -0.1) is 0 Å². The van der Waals surface area contributed by atoms with Crippen molar-refractivity contribution in [2.45, 2.75) is 6.42 Å². The van der Waals surface area contributed by atoms with Crippen LogP contribution in [-0.4, -0.2) is 30.1 Å². The molecular weight excluding hydrogens is 300 g/mol. The van der Waals surface area contributed by atoms with E-state index in [9.17, 15) is 9.90 Å². The molecule has 0 bridgehead atoms. The number of esters is 1. The predicted octanol–water partition coefficient (Wildman–Crippen LogP) is 2.74. The predicted molar refractivity (Wildman–Crippen MR) is 73.1 cm³/mol. The lowest BCUT2D eigenvalue weighted by molar-refractivity contribution is -0.136. The quantitative estimate of drug-likeness (QED) is 0.379. The van der Waals surface area contributed by atoms with Crippen molar-refractivity contribution in [1.82, 2.24) is 0 Å². The van der Waals surface area contributed by atoms with E-state index < -0.39 is 5.97 Å². The molecule has 0 saturated carbocycles. The van der Waals surface area contributed by atoms with Crippen LogP contribution in [-0.2, 0) is 9.53 Å². The summed E-state index contributed by atoms with van der Waals surface area (Å²) >= 11 is 3.25. The molecule has 1 N–H and O–H groups in total. The number of alkyl halides is 1. The van der Waals surface area contributed by atoms with Crippen LogP contribution in [0.15, 0.2) is 24.8 Å². The Labute approximate surface area is 114 Å². The highest BCUT2D eigenvalue weighted by molar-refractivity contribution is 9.09. The van der Waals surface area contributed by atoms with Crippen LogP contribution in [0, 0.1) is 0 Å². The maximum atomic E-state index is 11.7. The Hall–Kier alpha value is -1.49. The van der Waals surface area contributed by atoms with Gasteiger partial charge in [0.25, 0.3) is 0 Å². The molecule has 0 atom stereocenters. The summed E-state index contributed by atoms with van der Waals surface area (Å²) in [6.45, 7) is 4.03. The lowest BCUT2D eigenvalue weighted by atomic mass is 10.1. The minimum absolute atomic E-state index is 0.0155. The fourth-order valence-electron chi connectivity index (χ4n) is 1.29. The number of aromatic hydroxyl groups is 1. The van der Waals surface area contributed by atoms with E-state index in [1.807, 2.05) is 0 Å². The summed E-state index contributed by atoms with van der Waals surface area (Å²) < 4.78 is 10.00. The molecule has 0 aromatic heterocycles. The standard InChI is InChI=1S/C13H15BrO4/c1-9(13(16)18-7-3-6-14)10-4-5-11(15)12(8-10)17-2/h4-5,8,15H,1,3,6-7H2,2H3. The topological polar surface area (TPSA) is 55.8 Å². The molecule has 0 fully saturated rings. The van der Waals surface area contributed by atoms with Gasteiger partial charge < -0.3 is 14.6 Å². The van der Waals surface area contributed by atoms with Crippen LogP contribution in [0.3, 0.4) is 0 Å². The molecule has 0 aliphatic rings. The van der Waals surface area contributed by atoms with E-state index in [1.54, 1.807) is 12.1 Å². The SMILES string of the molecule is C=C(C(=O)OCCCBr)c1ccc(O)c(OC)c1. The van der Waals surface area contributed by atoms with Gasteiger partial charge in [0.15, 0.2) is 11.5 Å². The summed E-state index contributed by atoms with van der Waals surface area (Å²) in [6.07, 6.45) is 0.748. The third-order valence-corrected chi connectivity index (χ3v) is 2.85. The van der Waals surface area contributed by atoms with Crippen LogP contribution in [0.25, 0.3) is 5.57 Å². The minimum Gasteiger partial charge on any atom is -0.504 e. The summed E-state index contributed by atoms with van der Waals surface area (Å²) in [6, 6.07) is 4.58. The first kappa shape index (κ1) is 14.6. The molecule has 0 heterocycles. The summed E-state index contributed by atoms with van der Waals surface area (Å²) in [7, 11) is 1.44. The van der Waals surface area contributed by atoms with Crippen molar-refractivity contribution >= 4 is 27.5 Å². The Bertz CT molecular complexity index is 443. The van der Waals surface area contributed by atoms with Gasteiger partial charge in [0.2, 0.25) is 0 Å². The number of benzene rings is 1. The lowest BCUT2D eigenvalue weighted by Crippen LogP contribution is -2.08. The van der Waals surface area contributed by atoms with Crippen LogP contribution in [0.1, 0.15) is 12.0 Å². The fourth-order valence-corrected chi connectivity index (χ4v) is 1.52. The monoisotopic (exact) mass is 314 g/mol. The van der Waals surface area contributed by atoms with Gasteiger partial charge in [0.05, 0.1) is 19.3 Å². The van der Waals surface area contributed by atoms with Gasteiger partial charge in [-0.3, -0.25) is 0 Å². The summed E-state index contributed by atoms with van der Waals surface area (Å²) in [4.78, 5) is 11.7. The van der Waals surface area contributed by atoms with Crippen LogP contribution in [0.5, 0.6) is 11.5 Å².